The minimum atomic E-state index is -0.216. The van der Waals surface area contributed by atoms with E-state index >= 15 is 0 Å². The van der Waals surface area contributed by atoms with E-state index in [2.05, 4.69) is 32.6 Å². The minimum Gasteiger partial charge on any atom is -0.508 e. The molecule has 0 amide bonds. The van der Waals surface area contributed by atoms with Gasteiger partial charge in [0.05, 0.1) is 20.3 Å². The van der Waals surface area contributed by atoms with Gasteiger partial charge in [0, 0.05) is 21.3 Å². The van der Waals surface area contributed by atoms with Crippen LogP contribution < -0.4 is 20.1 Å². The third-order valence-electron chi connectivity index (χ3n) is 5.15. The van der Waals surface area contributed by atoms with Crippen LogP contribution in [0.25, 0.3) is 5.70 Å². The monoisotopic (exact) mass is 466 g/mol. The molecule has 30 heavy (non-hydrogen) atoms. The van der Waals surface area contributed by atoms with Gasteiger partial charge in [-0.1, -0.05) is 34.1 Å². The van der Waals surface area contributed by atoms with Gasteiger partial charge in [-0.25, -0.2) is 0 Å². The molecule has 2 unspecified atom stereocenters. The van der Waals surface area contributed by atoms with Crippen molar-refractivity contribution in [3.8, 4) is 17.2 Å². The van der Waals surface area contributed by atoms with E-state index in [9.17, 15) is 5.11 Å². The van der Waals surface area contributed by atoms with E-state index in [1.54, 1.807) is 20.3 Å². The first-order valence-electron chi connectivity index (χ1n) is 9.59. The van der Waals surface area contributed by atoms with E-state index in [-0.39, 0.29) is 18.0 Å². The Morgan fingerprint density at radius 1 is 0.900 bits per heavy atom. The van der Waals surface area contributed by atoms with E-state index in [0.717, 1.165) is 38.4 Å². The molecule has 1 aliphatic rings. The average Bonchev–Trinajstić information content (AvgIpc) is 2.80. The number of aromatic hydroxyl groups is 1. The number of rotatable bonds is 5. The second kappa shape index (κ2) is 8.81. The van der Waals surface area contributed by atoms with Crippen LogP contribution in [-0.4, -0.2) is 19.3 Å². The molecule has 5 nitrogen and oxygen atoms in total. The van der Waals surface area contributed by atoms with Gasteiger partial charge in [0.25, 0.3) is 0 Å². The topological polar surface area (TPSA) is 62.8 Å². The number of halogens is 1. The van der Waals surface area contributed by atoms with Crippen molar-refractivity contribution in [2.45, 2.75) is 12.2 Å². The summed E-state index contributed by atoms with van der Waals surface area (Å²) >= 11 is 3.51. The number of phenols is 1. The number of phenolic OH excluding ortho intramolecular Hbond substituents is 1. The van der Waals surface area contributed by atoms with Crippen LogP contribution in [0.5, 0.6) is 17.2 Å². The minimum absolute atomic E-state index is 0.212. The lowest BCUT2D eigenvalue weighted by Crippen LogP contribution is -2.39. The zero-order valence-electron chi connectivity index (χ0n) is 16.7. The van der Waals surface area contributed by atoms with Crippen LogP contribution in [-0.2, 0) is 0 Å². The predicted octanol–water partition coefficient (Wildman–Crippen LogP) is 5.15. The van der Waals surface area contributed by atoms with Crippen LogP contribution in [0.4, 0.5) is 0 Å². The van der Waals surface area contributed by atoms with Gasteiger partial charge in [0.15, 0.2) is 0 Å². The zero-order chi connectivity index (χ0) is 21.1. The van der Waals surface area contributed by atoms with Crippen LogP contribution in [0.2, 0.25) is 0 Å². The maximum atomic E-state index is 10.5. The Morgan fingerprint density at radius 2 is 1.67 bits per heavy atom. The summed E-state index contributed by atoms with van der Waals surface area (Å²) in [5, 5.41) is 17.7. The van der Waals surface area contributed by atoms with E-state index < -0.39 is 0 Å². The van der Waals surface area contributed by atoms with Gasteiger partial charge in [0.1, 0.15) is 23.4 Å². The lowest BCUT2D eigenvalue weighted by atomic mass is 9.97. The molecule has 1 aliphatic heterocycles. The lowest BCUT2D eigenvalue weighted by molar-refractivity contribution is 0.379. The molecule has 2 atom stereocenters. The highest BCUT2D eigenvalue weighted by molar-refractivity contribution is 9.10. The van der Waals surface area contributed by atoms with Crippen LogP contribution >= 0.6 is 15.9 Å². The highest BCUT2D eigenvalue weighted by atomic mass is 79.9. The normalized spacial score (nSPS) is 18.3. The van der Waals surface area contributed by atoms with E-state index in [0.29, 0.717) is 0 Å². The van der Waals surface area contributed by atoms with Crippen molar-refractivity contribution in [3.63, 3.8) is 0 Å². The molecule has 6 heteroatoms. The Labute approximate surface area is 184 Å². The fraction of sp³-hybridized carbons (Fsp3) is 0.167. The number of hydrogen-bond donors (Lipinski definition) is 3. The quantitative estimate of drug-likeness (QED) is 0.485. The highest BCUT2D eigenvalue weighted by Crippen LogP contribution is 2.36. The van der Waals surface area contributed by atoms with Crippen LogP contribution in [0.3, 0.4) is 0 Å². The fourth-order valence-corrected chi connectivity index (χ4v) is 4.00. The van der Waals surface area contributed by atoms with Crippen LogP contribution in [0, 0.1) is 0 Å². The second-order valence-corrected chi connectivity index (χ2v) is 7.89. The molecule has 0 saturated carbocycles. The molecule has 0 spiro atoms. The van der Waals surface area contributed by atoms with Crippen LogP contribution in [0.15, 0.2) is 77.3 Å². The number of benzene rings is 3. The first-order valence-corrected chi connectivity index (χ1v) is 10.4. The summed E-state index contributed by atoms with van der Waals surface area (Å²) in [5.41, 5.74) is 3.75. The Hall–Kier alpha value is -2.96. The third-order valence-corrected chi connectivity index (χ3v) is 5.65. The molecule has 0 aromatic heterocycles. The number of ether oxygens (including phenoxy) is 2. The third kappa shape index (κ3) is 4.15. The van der Waals surface area contributed by atoms with Crippen molar-refractivity contribution in [3.05, 3.63) is 94.0 Å². The van der Waals surface area contributed by atoms with Gasteiger partial charge in [-0.3, -0.25) is 5.32 Å². The lowest BCUT2D eigenvalue weighted by Gasteiger charge is -2.34. The molecule has 0 saturated heterocycles. The SMILES string of the molecule is COc1ccc(C2=CC(c3cc(Br)ccc3O)NC(c3ccccc3OC)N2)cc1. The molecule has 0 radical (unpaired) electrons. The Kier molecular flexibility index (Phi) is 5.97. The van der Waals surface area contributed by atoms with E-state index in [1.165, 1.54) is 0 Å². The van der Waals surface area contributed by atoms with Gasteiger partial charge in [-0.2, -0.15) is 0 Å². The van der Waals surface area contributed by atoms with E-state index in [1.807, 2.05) is 60.7 Å². The standard InChI is InChI=1S/C24H23BrN2O3/c1-29-17-10-7-15(8-11-17)20-14-21(19-13-16(25)9-12-22(19)28)27-24(26-20)18-5-3-4-6-23(18)30-2/h3-14,21,24,26-28H,1-2H3. The number of hydrogen-bond acceptors (Lipinski definition) is 5. The molecule has 0 aliphatic carbocycles. The Balaban J connectivity index is 1.78. The summed E-state index contributed by atoms with van der Waals surface area (Å²) < 4.78 is 11.8. The van der Waals surface area contributed by atoms with Crippen molar-refractivity contribution in [2.75, 3.05) is 14.2 Å². The van der Waals surface area contributed by atoms with Gasteiger partial charge in [-0.05, 0) is 60.2 Å². The van der Waals surface area contributed by atoms with Gasteiger partial charge >= 0.3 is 0 Å². The Morgan fingerprint density at radius 3 is 2.40 bits per heavy atom. The Bertz CT molecular complexity index is 1070. The van der Waals surface area contributed by atoms with Crippen molar-refractivity contribution in [2.24, 2.45) is 0 Å². The molecule has 3 N–H and O–H groups in total. The predicted molar refractivity (Wildman–Crippen MR) is 122 cm³/mol. The van der Waals surface area contributed by atoms with Gasteiger partial charge in [0.2, 0.25) is 0 Å². The second-order valence-electron chi connectivity index (χ2n) is 6.98. The molecule has 3 aromatic carbocycles. The summed E-state index contributed by atoms with van der Waals surface area (Å²) in [4.78, 5) is 0. The summed E-state index contributed by atoms with van der Waals surface area (Å²) in [6.07, 6.45) is 1.86. The van der Waals surface area contributed by atoms with Crippen LogP contribution in [0.1, 0.15) is 28.9 Å². The molecule has 1 heterocycles. The van der Waals surface area contributed by atoms with Crippen molar-refractivity contribution in [1.29, 1.82) is 0 Å². The summed E-state index contributed by atoms with van der Waals surface area (Å²) in [7, 11) is 3.32. The zero-order valence-corrected chi connectivity index (χ0v) is 18.3. The summed E-state index contributed by atoms with van der Waals surface area (Å²) in [6.45, 7) is 0. The van der Waals surface area contributed by atoms with Gasteiger partial charge in [-0.15, -0.1) is 0 Å². The summed E-state index contributed by atoms with van der Waals surface area (Å²) in [5.74, 6) is 1.83. The fourth-order valence-electron chi connectivity index (χ4n) is 3.62. The molecule has 0 bridgehead atoms. The van der Waals surface area contributed by atoms with Crippen molar-refractivity contribution < 1.29 is 14.6 Å². The summed E-state index contributed by atoms with van der Waals surface area (Å²) in [6, 6.07) is 21.0. The smallest absolute Gasteiger partial charge is 0.125 e. The largest absolute Gasteiger partial charge is 0.508 e. The maximum Gasteiger partial charge on any atom is 0.125 e. The van der Waals surface area contributed by atoms with Crippen molar-refractivity contribution >= 4 is 21.6 Å². The molecular weight excluding hydrogens is 444 g/mol. The molecule has 154 valence electrons. The first kappa shape index (κ1) is 20.3. The number of methoxy groups -OCH3 is 2. The first-order chi connectivity index (χ1) is 14.6. The average molecular weight is 467 g/mol. The molecule has 0 fully saturated rings. The van der Waals surface area contributed by atoms with Crippen molar-refractivity contribution in [1.82, 2.24) is 10.6 Å². The maximum absolute atomic E-state index is 10.5. The number of nitrogens with one attached hydrogen (secondary N) is 2. The molecule has 4 rings (SSSR count). The highest BCUT2D eigenvalue weighted by Gasteiger charge is 2.27. The van der Waals surface area contributed by atoms with E-state index in [4.69, 9.17) is 9.47 Å². The molecular formula is C24H23BrN2O3. The molecule has 3 aromatic rings. The van der Waals surface area contributed by atoms with Gasteiger partial charge < -0.3 is 19.9 Å². The number of para-hydroxylation sites is 1.